The first-order chi connectivity index (χ1) is 8.91. The molecule has 0 saturated heterocycles. The van der Waals surface area contributed by atoms with Gasteiger partial charge in [0.25, 0.3) is 0 Å². The highest BCUT2D eigenvalue weighted by molar-refractivity contribution is 6.34. The molecule has 1 aromatic rings. The van der Waals surface area contributed by atoms with Crippen LogP contribution < -0.4 is 10.6 Å². The Labute approximate surface area is 119 Å². The summed E-state index contributed by atoms with van der Waals surface area (Å²) < 4.78 is 0. The number of anilines is 1. The number of amides is 2. The van der Waals surface area contributed by atoms with Crippen LogP contribution in [0.3, 0.4) is 0 Å². The summed E-state index contributed by atoms with van der Waals surface area (Å²) in [5.41, 5.74) is 0.613. The van der Waals surface area contributed by atoms with Crippen LogP contribution in [0.5, 0.6) is 0 Å². The lowest BCUT2D eigenvalue weighted by molar-refractivity contribution is 0.0354. The van der Waals surface area contributed by atoms with Gasteiger partial charge in [0.2, 0.25) is 0 Å². The molecule has 0 bridgehead atoms. The third-order valence-corrected chi connectivity index (χ3v) is 3.84. The summed E-state index contributed by atoms with van der Waals surface area (Å²) >= 11 is 6.09. The van der Waals surface area contributed by atoms with E-state index in [0.717, 1.165) is 5.56 Å². The molecular weight excluding hydrogens is 264 g/mol. The lowest BCUT2D eigenvalue weighted by atomic mass is 9.98. The number of carbonyl (C=O) groups excluding carboxylic acids is 1. The molecule has 2 amide bonds. The number of halogens is 1. The Morgan fingerprint density at radius 2 is 2.00 bits per heavy atom. The summed E-state index contributed by atoms with van der Waals surface area (Å²) in [6.07, 6.45) is 1.18. The van der Waals surface area contributed by atoms with Crippen LogP contribution >= 0.6 is 11.6 Å². The zero-order valence-electron chi connectivity index (χ0n) is 11.6. The molecule has 0 aliphatic rings. The van der Waals surface area contributed by atoms with E-state index < -0.39 is 5.60 Å². The fraction of sp³-hybridized carbons (Fsp3) is 0.500. The Hall–Kier alpha value is -1.26. The average Bonchev–Trinajstić information content (AvgIpc) is 2.41. The maximum absolute atomic E-state index is 11.8. The summed E-state index contributed by atoms with van der Waals surface area (Å²) in [6, 6.07) is 5.07. The van der Waals surface area contributed by atoms with Gasteiger partial charge < -0.3 is 15.7 Å². The van der Waals surface area contributed by atoms with E-state index in [9.17, 15) is 9.90 Å². The fourth-order valence-electron chi connectivity index (χ4n) is 1.66. The Bertz CT molecular complexity index is 445. The predicted octanol–water partition coefficient (Wildman–Crippen LogP) is 3.32. The first-order valence-corrected chi connectivity index (χ1v) is 6.82. The Morgan fingerprint density at radius 3 is 2.58 bits per heavy atom. The monoisotopic (exact) mass is 284 g/mol. The lowest BCUT2D eigenvalue weighted by Gasteiger charge is -2.25. The van der Waals surface area contributed by atoms with Crippen molar-refractivity contribution in [1.82, 2.24) is 5.32 Å². The molecule has 0 unspecified atom stereocenters. The molecule has 0 aliphatic carbocycles. The summed E-state index contributed by atoms with van der Waals surface area (Å²) in [7, 11) is 0. The molecule has 0 aromatic heterocycles. The number of carbonyl (C=O) groups is 1. The molecule has 0 heterocycles. The number of hydrogen-bond acceptors (Lipinski definition) is 2. The summed E-state index contributed by atoms with van der Waals surface area (Å²) in [5, 5.41) is 15.9. The Kier molecular flexibility index (Phi) is 5.63. The van der Waals surface area contributed by atoms with E-state index in [4.69, 9.17) is 11.6 Å². The van der Waals surface area contributed by atoms with Gasteiger partial charge >= 0.3 is 6.03 Å². The number of aliphatic hydroxyl groups is 1. The summed E-state index contributed by atoms with van der Waals surface area (Å²) in [5.74, 6) is 0. The molecule has 1 rings (SSSR count). The van der Waals surface area contributed by atoms with Crippen molar-refractivity contribution < 1.29 is 9.90 Å². The minimum absolute atomic E-state index is 0.218. The minimum atomic E-state index is -0.853. The number of rotatable bonds is 5. The second-order valence-corrected chi connectivity index (χ2v) is 5.05. The van der Waals surface area contributed by atoms with Gasteiger partial charge in [-0.3, -0.25) is 0 Å². The zero-order chi connectivity index (χ0) is 14.5. The highest BCUT2D eigenvalue weighted by Crippen LogP contribution is 2.24. The van der Waals surface area contributed by atoms with Crippen molar-refractivity contribution in [1.29, 1.82) is 0 Å². The molecule has 0 radical (unpaired) electrons. The van der Waals surface area contributed by atoms with Gasteiger partial charge in [-0.1, -0.05) is 37.6 Å². The van der Waals surface area contributed by atoms with Gasteiger partial charge in [0.1, 0.15) is 0 Å². The van der Waals surface area contributed by atoms with E-state index in [2.05, 4.69) is 10.6 Å². The van der Waals surface area contributed by atoms with Crippen LogP contribution in [0.2, 0.25) is 5.02 Å². The third kappa shape index (κ3) is 4.40. The number of urea groups is 1. The Morgan fingerprint density at radius 1 is 1.37 bits per heavy atom. The molecule has 4 nitrogen and oxygen atoms in total. The van der Waals surface area contributed by atoms with Crippen LogP contribution in [-0.4, -0.2) is 23.3 Å². The highest BCUT2D eigenvalue weighted by atomic mass is 35.5. The van der Waals surface area contributed by atoms with Gasteiger partial charge in [0.15, 0.2) is 0 Å². The number of nitrogens with one attached hydrogen (secondary N) is 2. The summed E-state index contributed by atoms with van der Waals surface area (Å²) in [4.78, 5) is 11.8. The van der Waals surface area contributed by atoms with Gasteiger partial charge in [0.05, 0.1) is 16.3 Å². The van der Waals surface area contributed by atoms with E-state index in [-0.39, 0.29) is 12.6 Å². The molecule has 1 aromatic carbocycles. The second kappa shape index (κ2) is 6.78. The van der Waals surface area contributed by atoms with Crippen molar-refractivity contribution in [2.45, 2.75) is 39.2 Å². The SMILES string of the molecule is CCC(O)(CC)CNC(=O)Nc1cccc(C)c1Cl. The number of benzene rings is 1. The maximum Gasteiger partial charge on any atom is 0.319 e. The van der Waals surface area contributed by atoms with Gasteiger partial charge in [-0.25, -0.2) is 4.79 Å². The van der Waals surface area contributed by atoms with E-state index in [1.54, 1.807) is 6.07 Å². The van der Waals surface area contributed by atoms with Gasteiger partial charge in [-0.2, -0.15) is 0 Å². The van der Waals surface area contributed by atoms with Crippen LogP contribution in [0.25, 0.3) is 0 Å². The van der Waals surface area contributed by atoms with Gasteiger partial charge in [-0.05, 0) is 31.4 Å². The average molecular weight is 285 g/mol. The van der Waals surface area contributed by atoms with Crippen molar-refractivity contribution in [3.8, 4) is 0 Å². The molecule has 0 atom stereocenters. The van der Waals surface area contributed by atoms with Crippen molar-refractivity contribution in [2.24, 2.45) is 0 Å². The van der Waals surface area contributed by atoms with E-state index in [0.29, 0.717) is 23.6 Å². The van der Waals surface area contributed by atoms with E-state index in [1.807, 2.05) is 32.9 Å². The topological polar surface area (TPSA) is 61.4 Å². The van der Waals surface area contributed by atoms with Crippen molar-refractivity contribution in [3.63, 3.8) is 0 Å². The fourth-order valence-corrected chi connectivity index (χ4v) is 1.83. The van der Waals surface area contributed by atoms with E-state index in [1.165, 1.54) is 0 Å². The molecule has 3 N–H and O–H groups in total. The lowest BCUT2D eigenvalue weighted by Crippen LogP contribution is -2.43. The van der Waals surface area contributed by atoms with Gasteiger partial charge in [0, 0.05) is 6.54 Å². The maximum atomic E-state index is 11.8. The first kappa shape index (κ1) is 15.8. The number of aryl methyl sites for hydroxylation is 1. The zero-order valence-corrected chi connectivity index (χ0v) is 12.3. The molecule has 0 saturated carbocycles. The summed E-state index contributed by atoms with van der Waals surface area (Å²) in [6.45, 7) is 5.87. The van der Waals surface area contributed by atoms with Crippen LogP contribution in [0, 0.1) is 6.92 Å². The molecule has 106 valence electrons. The van der Waals surface area contributed by atoms with E-state index >= 15 is 0 Å². The first-order valence-electron chi connectivity index (χ1n) is 6.44. The quantitative estimate of drug-likeness (QED) is 0.777. The second-order valence-electron chi connectivity index (χ2n) is 4.68. The smallest absolute Gasteiger partial charge is 0.319 e. The largest absolute Gasteiger partial charge is 0.388 e. The van der Waals surface area contributed by atoms with Crippen molar-refractivity contribution >= 4 is 23.3 Å². The normalized spacial score (nSPS) is 11.2. The van der Waals surface area contributed by atoms with Gasteiger partial charge in [-0.15, -0.1) is 0 Å². The molecule has 0 spiro atoms. The molecule has 0 fully saturated rings. The predicted molar refractivity (Wildman–Crippen MR) is 78.7 cm³/mol. The third-order valence-electron chi connectivity index (χ3n) is 3.33. The molecule has 19 heavy (non-hydrogen) atoms. The molecule has 0 aliphatic heterocycles. The Balaban J connectivity index is 2.59. The van der Waals surface area contributed by atoms with Crippen LogP contribution in [0.15, 0.2) is 18.2 Å². The highest BCUT2D eigenvalue weighted by Gasteiger charge is 2.22. The molecule has 5 heteroatoms. The van der Waals surface area contributed by atoms with Crippen molar-refractivity contribution in [2.75, 3.05) is 11.9 Å². The number of hydrogen-bond donors (Lipinski definition) is 3. The van der Waals surface area contributed by atoms with Crippen LogP contribution in [0.4, 0.5) is 10.5 Å². The molecular formula is C14H21ClN2O2. The van der Waals surface area contributed by atoms with Crippen molar-refractivity contribution in [3.05, 3.63) is 28.8 Å². The minimum Gasteiger partial charge on any atom is -0.388 e. The van der Waals surface area contributed by atoms with Crippen LogP contribution in [-0.2, 0) is 0 Å². The standard InChI is InChI=1S/C14H21ClN2O2/c1-4-14(19,5-2)9-16-13(18)17-11-8-6-7-10(3)12(11)15/h6-8,19H,4-5,9H2,1-3H3,(H2,16,17,18). The van der Waals surface area contributed by atoms with Crippen LogP contribution in [0.1, 0.15) is 32.3 Å².